The van der Waals surface area contributed by atoms with E-state index in [9.17, 15) is 18.0 Å². The molecule has 1 aromatic heterocycles. The Balaban J connectivity index is 1.95. The van der Waals surface area contributed by atoms with Crippen LogP contribution in [-0.2, 0) is 23.9 Å². The van der Waals surface area contributed by atoms with Gasteiger partial charge in [-0.1, -0.05) is 18.2 Å². The van der Waals surface area contributed by atoms with E-state index < -0.39 is 11.7 Å². The molecule has 0 saturated carbocycles. The van der Waals surface area contributed by atoms with Gasteiger partial charge in [-0.05, 0) is 24.1 Å². The smallest absolute Gasteiger partial charge is 0.350 e. The van der Waals surface area contributed by atoms with Crippen molar-refractivity contribution < 1.29 is 18.0 Å². The maximum absolute atomic E-state index is 12.6. The van der Waals surface area contributed by atoms with Crippen LogP contribution in [0.4, 0.5) is 13.2 Å². The molecule has 0 atom stereocenters. The molecule has 0 unspecified atom stereocenters. The van der Waals surface area contributed by atoms with Gasteiger partial charge in [-0.15, -0.1) is 0 Å². The number of H-pyrrole nitrogens is 1. The highest BCUT2D eigenvalue weighted by Crippen LogP contribution is 2.29. The van der Waals surface area contributed by atoms with Crippen LogP contribution < -0.4 is 5.32 Å². The molecule has 1 amide bonds. The van der Waals surface area contributed by atoms with Gasteiger partial charge in [0.25, 0.3) is 0 Å². The number of aromatic amines is 1. The fraction of sp³-hybridized carbons (Fsp3) is 0.286. The van der Waals surface area contributed by atoms with Crippen LogP contribution in [0.1, 0.15) is 22.4 Å². The van der Waals surface area contributed by atoms with Gasteiger partial charge in [0.15, 0.2) is 0 Å². The Morgan fingerprint density at radius 1 is 1.38 bits per heavy atom. The van der Waals surface area contributed by atoms with E-state index in [-0.39, 0.29) is 18.9 Å². The maximum atomic E-state index is 12.6. The minimum atomic E-state index is -4.40. The summed E-state index contributed by atoms with van der Waals surface area (Å²) in [7, 11) is 0. The third-order valence-electron chi connectivity index (χ3n) is 3.02. The molecule has 21 heavy (non-hydrogen) atoms. The summed E-state index contributed by atoms with van der Waals surface area (Å²) in [5, 5.41) is 9.20. The molecule has 1 heterocycles. The van der Waals surface area contributed by atoms with Crippen LogP contribution in [0.2, 0.25) is 0 Å². The number of amides is 1. The van der Waals surface area contributed by atoms with Crippen molar-refractivity contribution >= 4 is 5.91 Å². The summed E-state index contributed by atoms with van der Waals surface area (Å²) in [5.41, 5.74) is 1.25. The molecule has 0 saturated heterocycles. The highest BCUT2D eigenvalue weighted by molar-refractivity contribution is 5.78. The minimum Gasteiger partial charge on any atom is -0.350 e. The normalized spacial score (nSPS) is 11.4. The monoisotopic (exact) mass is 297 g/mol. The quantitative estimate of drug-likeness (QED) is 0.911. The lowest BCUT2D eigenvalue weighted by Crippen LogP contribution is -2.25. The molecule has 0 aliphatic rings. The molecular formula is C14H14F3N3O. The van der Waals surface area contributed by atoms with Gasteiger partial charge in [0.2, 0.25) is 5.91 Å². The van der Waals surface area contributed by atoms with Crippen LogP contribution in [0.5, 0.6) is 0 Å². The third-order valence-corrected chi connectivity index (χ3v) is 3.02. The van der Waals surface area contributed by atoms with Crippen LogP contribution >= 0.6 is 0 Å². The van der Waals surface area contributed by atoms with Crippen molar-refractivity contribution in [1.29, 1.82) is 0 Å². The highest BCUT2D eigenvalue weighted by Gasteiger charge is 2.30. The van der Waals surface area contributed by atoms with Crippen LogP contribution in [0.15, 0.2) is 30.5 Å². The molecule has 0 fully saturated rings. The van der Waals surface area contributed by atoms with Gasteiger partial charge < -0.3 is 5.32 Å². The van der Waals surface area contributed by atoms with Gasteiger partial charge in [-0.2, -0.15) is 18.3 Å². The third kappa shape index (κ3) is 4.08. The van der Waals surface area contributed by atoms with E-state index in [2.05, 4.69) is 15.5 Å². The van der Waals surface area contributed by atoms with E-state index >= 15 is 0 Å². The standard InChI is InChI=1S/C14H14F3N3O/c1-9-7-19-20-12(9)8-18-13(21)6-10-3-2-4-11(5-10)14(15,16)17/h2-5,7H,6,8H2,1H3,(H,18,21)(H,19,20). The van der Waals surface area contributed by atoms with Crippen molar-refractivity contribution in [1.82, 2.24) is 15.5 Å². The number of hydrogen-bond donors (Lipinski definition) is 2. The molecule has 2 rings (SSSR count). The first-order valence-corrected chi connectivity index (χ1v) is 6.28. The largest absolute Gasteiger partial charge is 0.416 e. The Bertz CT molecular complexity index is 634. The summed E-state index contributed by atoms with van der Waals surface area (Å²) in [4.78, 5) is 11.8. The first-order chi connectivity index (χ1) is 9.86. The summed E-state index contributed by atoms with van der Waals surface area (Å²) < 4.78 is 37.7. The highest BCUT2D eigenvalue weighted by atomic mass is 19.4. The number of rotatable bonds is 4. The molecule has 2 aromatic rings. The number of aryl methyl sites for hydroxylation is 1. The SMILES string of the molecule is Cc1cn[nH]c1CNC(=O)Cc1cccc(C(F)(F)F)c1. The van der Waals surface area contributed by atoms with Gasteiger partial charge in [0.05, 0.1) is 30.4 Å². The number of carbonyl (C=O) groups is 1. The molecule has 112 valence electrons. The summed E-state index contributed by atoms with van der Waals surface area (Å²) >= 11 is 0. The Morgan fingerprint density at radius 2 is 2.14 bits per heavy atom. The van der Waals surface area contributed by atoms with Crippen molar-refractivity contribution in [2.24, 2.45) is 0 Å². The number of hydrogen-bond acceptors (Lipinski definition) is 2. The number of aromatic nitrogens is 2. The molecule has 4 nitrogen and oxygen atoms in total. The fourth-order valence-corrected chi connectivity index (χ4v) is 1.84. The first-order valence-electron chi connectivity index (χ1n) is 6.28. The van der Waals surface area contributed by atoms with E-state index in [0.717, 1.165) is 23.4 Å². The van der Waals surface area contributed by atoms with E-state index in [1.807, 2.05) is 6.92 Å². The lowest BCUT2D eigenvalue weighted by molar-refractivity contribution is -0.137. The lowest BCUT2D eigenvalue weighted by Gasteiger charge is -2.09. The van der Waals surface area contributed by atoms with Crippen LogP contribution in [0.25, 0.3) is 0 Å². The topological polar surface area (TPSA) is 57.8 Å². The van der Waals surface area contributed by atoms with Gasteiger partial charge in [0, 0.05) is 0 Å². The van der Waals surface area contributed by atoms with Crippen LogP contribution in [-0.4, -0.2) is 16.1 Å². The van der Waals surface area contributed by atoms with Crippen LogP contribution in [0, 0.1) is 6.92 Å². The van der Waals surface area contributed by atoms with E-state index in [1.165, 1.54) is 12.1 Å². The molecule has 0 aliphatic carbocycles. The second-order valence-electron chi connectivity index (χ2n) is 4.68. The predicted octanol–water partition coefficient (Wildman–Crippen LogP) is 2.60. The van der Waals surface area contributed by atoms with Gasteiger partial charge in [0.1, 0.15) is 0 Å². The average molecular weight is 297 g/mol. The number of carbonyl (C=O) groups excluding carboxylic acids is 1. The van der Waals surface area contributed by atoms with E-state index in [0.29, 0.717) is 5.56 Å². The Morgan fingerprint density at radius 3 is 2.76 bits per heavy atom. The zero-order valence-electron chi connectivity index (χ0n) is 11.3. The summed E-state index contributed by atoms with van der Waals surface area (Å²) in [6, 6.07) is 4.76. The predicted molar refractivity (Wildman–Crippen MR) is 70.3 cm³/mol. The zero-order valence-corrected chi connectivity index (χ0v) is 11.3. The number of nitrogens with zero attached hydrogens (tertiary/aromatic N) is 1. The molecule has 2 N–H and O–H groups in total. The molecule has 0 spiro atoms. The second kappa shape index (κ2) is 5.99. The molecule has 1 aromatic carbocycles. The van der Waals surface area contributed by atoms with Crippen molar-refractivity contribution in [2.45, 2.75) is 26.1 Å². The zero-order chi connectivity index (χ0) is 15.5. The average Bonchev–Trinajstić information content (AvgIpc) is 2.81. The maximum Gasteiger partial charge on any atom is 0.416 e. The number of alkyl halides is 3. The number of benzene rings is 1. The molecule has 0 aliphatic heterocycles. The first kappa shape index (κ1) is 15.1. The van der Waals surface area contributed by atoms with Gasteiger partial charge >= 0.3 is 6.18 Å². The molecular weight excluding hydrogens is 283 g/mol. The molecule has 0 bridgehead atoms. The Labute approximate surface area is 119 Å². The van der Waals surface area contributed by atoms with Crippen molar-refractivity contribution in [3.05, 3.63) is 52.8 Å². The van der Waals surface area contributed by atoms with Crippen molar-refractivity contribution in [3.8, 4) is 0 Å². The Hall–Kier alpha value is -2.31. The summed E-state index contributed by atoms with van der Waals surface area (Å²) in [6.07, 6.45) is -2.87. The molecule has 0 radical (unpaired) electrons. The van der Waals surface area contributed by atoms with Crippen molar-refractivity contribution in [2.75, 3.05) is 0 Å². The number of nitrogens with one attached hydrogen (secondary N) is 2. The second-order valence-corrected chi connectivity index (χ2v) is 4.68. The van der Waals surface area contributed by atoms with Gasteiger partial charge in [-0.3, -0.25) is 9.89 Å². The summed E-state index contributed by atoms with van der Waals surface area (Å²) in [6.45, 7) is 2.11. The van der Waals surface area contributed by atoms with Crippen molar-refractivity contribution in [3.63, 3.8) is 0 Å². The fourth-order valence-electron chi connectivity index (χ4n) is 1.84. The van der Waals surface area contributed by atoms with Gasteiger partial charge in [-0.25, -0.2) is 0 Å². The number of halogens is 3. The minimum absolute atomic E-state index is 0.100. The van der Waals surface area contributed by atoms with E-state index in [4.69, 9.17) is 0 Å². The van der Waals surface area contributed by atoms with E-state index in [1.54, 1.807) is 6.20 Å². The molecule has 7 heteroatoms. The Kier molecular flexibility index (Phi) is 4.30. The van der Waals surface area contributed by atoms with Crippen LogP contribution in [0.3, 0.4) is 0 Å². The lowest BCUT2D eigenvalue weighted by atomic mass is 10.1. The summed E-state index contributed by atoms with van der Waals surface area (Å²) in [5.74, 6) is -0.344.